The van der Waals surface area contributed by atoms with Gasteiger partial charge in [-0.3, -0.25) is 0 Å². The molecule has 0 spiro atoms. The van der Waals surface area contributed by atoms with Gasteiger partial charge in [0, 0.05) is 0 Å². The van der Waals surface area contributed by atoms with Crippen molar-refractivity contribution in [3.63, 3.8) is 0 Å². The molecular weight excluding hydrogens is 467 g/mol. The zero-order chi connectivity index (χ0) is 13.6. The summed E-state index contributed by atoms with van der Waals surface area (Å²) >= 11 is 0.816. The average Bonchev–Trinajstić information content (AvgIpc) is 2.39. The fraction of sp³-hybridized carbons (Fsp3) is 0.818. The molecule has 0 aromatic rings. The molecule has 0 atom stereocenters. The quantitative estimate of drug-likeness (QED) is 0.273. The van der Waals surface area contributed by atoms with Crippen molar-refractivity contribution in [3.8, 4) is 0 Å². The van der Waals surface area contributed by atoms with Gasteiger partial charge < -0.3 is 0 Å². The number of esters is 1. The van der Waals surface area contributed by atoms with Gasteiger partial charge in [0.15, 0.2) is 0 Å². The van der Waals surface area contributed by atoms with Crippen molar-refractivity contribution in [2.24, 2.45) is 0 Å². The van der Waals surface area contributed by atoms with Gasteiger partial charge in [-0.05, 0) is 6.42 Å². The van der Waals surface area contributed by atoms with Crippen LogP contribution in [0, 0.1) is 0 Å². The molecule has 0 unspecified atom stereocenters. The monoisotopic (exact) mass is 488 g/mol. The first-order chi connectivity index (χ1) is 8.70. The number of carbonyl (C=O) groups is 2. The van der Waals surface area contributed by atoms with E-state index < -0.39 is 0 Å². The van der Waals surface area contributed by atoms with Crippen molar-refractivity contribution in [1.82, 2.24) is 3.22 Å². The molecule has 0 saturated carbocycles. The predicted molar refractivity (Wildman–Crippen MR) is 79.9 cm³/mol. The van der Waals surface area contributed by atoms with E-state index in [9.17, 15) is 9.59 Å². The third-order valence-electron chi connectivity index (χ3n) is 1.98. The van der Waals surface area contributed by atoms with Crippen LogP contribution in [0.3, 0.4) is 0 Å². The molecule has 0 radical (unpaired) electrons. The van der Waals surface area contributed by atoms with Gasteiger partial charge in [-0.2, -0.15) is 0 Å². The van der Waals surface area contributed by atoms with Crippen molar-refractivity contribution in [1.29, 1.82) is 0 Å². The summed E-state index contributed by atoms with van der Waals surface area (Å²) in [6, 6.07) is 0. The Labute approximate surface area is 133 Å². The van der Waals surface area contributed by atoms with Crippen LogP contribution >= 0.6 is 21.6 Å². The first-order valence-electron chi connectivity index (χ1n) is 6.03. The molecule has 106 valence electrons. The van der Waals surface area contributed by atoms with Crippen molar-refractivity contribution in [2.45, 2.75) is 39.0 Å². The van der Waals surface area contributed by atoms with E-state index in [0.29, 0.717) is 6.61 Å². The molecule has 0 bridgehead atoms. The summed E-state index contributed by atoms with van der Waals surface area (Å²) in [6.07, 6.45) is 3.78. The van der Waals surface area contributed by atoms with Crippen LogP contribution in [0.5, 0.6) is 0 Å². The van der Waals surface area contributed by atoms with Crippen molar-refractivity contribution >= 4 is 58.8 Å². The van der Waals surface area contributed by atoms with Gasteiger partial charge in [0.05, 0.1) is 0 Å². The second-order valence-electron chi connectivity index (χ2n) is 3.61. The van der Waals surface area contributed by atoms with Crippen molar-refractivity contribution < 1.29 is 14.3 Å². The minimum absolute atomic E-state index is 0.0804. The zero-order valence-electron chi connectivity index (χ0n) is 10.6. The van der Waals surface area contributed by atoms with Crippen LogP contribution in [0.25, 0.3) is 0 Å². The SMILES string of the molecule is CCCCSSCCCOC(=O)CCC(=O)[NH][PoH]. The van der Waals surface area contributed by atoms with Gasteiger partial charge in [-0.25, -0.2) is 0 Å². The van der Waals surface area contributed by atoms with E-state index in [-0.39, 0.29) is 24.7 Å². The van der Waals surface area contributed by atoms with E-state index in [1.54, 1.807) is 0 Å². The normalized spacial score (nSPS) is 10.1. The molecule has 18 heavy (non-hydrogen) atoms. The Morgan fingerprint density at radius 2 is 1.83 bits per heavy atom. The summed E-state index contributed by atoms with van der Waals surface area (Å²) in [4.78, 5) is 22.2. The summed E-state index contributed by atoms with van der Waals surface area (Å²) in [5, 5.41) is 0. The van der Waals surface area contributed by atoms with Crippen molar-refractivity contribution in [2.75, 3.05) is 18.1 Å². The molecular formula is C11H21NO3PoS2. The summed E-state index contributed by atoms with van der Waals surface area (Å²) in [5.74, 6) is 1.83. The van der Waals surface area contributed by atoms with E-state index in [1.807, 2.05) is 21.6 Å². The molecule has 0 aliphatic heterocycles. The van der Waals surface area contributed by atoms with Crippen molar-refractivity contribution in [3.05, 3.63) is 0 Å². The number of rotatable bonds is 11. The van der Waals surface area contributed by atoms with Crippen LogP contribution < -0.4 is 3.22 Å². The van der Waals surface area contributed by atoms with E-state index in [0.717, 1.165) is 37.5 Å². The van der Waals surface area contributed by atoms with Crippen LogP contribution in [0.1, 0.15) is 39.0 Å². The Morgan fingerprint density at radius 3 is 2.44 bits per heavy atom. The molecule has 1 amide bonds. The van der Waals surface area contributed by atoms with Gasteiger partial charge in [0.25, 0.3) is 0 Å². The Bertz CT molecular complexity index is 242. The molecule has 1 N–H and O–H groups in total. The van der Waals surface area contributed by atoms with Gasteiger partial charge in [0.1, 0.15) is 0 Å². The molecule has 0 heterocycles. The zero-order valence-corrected chi connectivity index (χ0v) is 15.8. The molecule has 0 fully saturated rings. The minimum atomic E-state index is -0.277. The average molecular weight is 488 g/mol. The van der Waals surface area contributed by atoms with E-state index in [2.05, 4.69) is 10.1 Å². The predicted octanol–water partition coefficient (Wildman–Crippen LogP) is 1.81. The number of amides is 1. The van der Waals surface area contributed by atoms with Crippen LogP contribution in [0.15, 0.2) is 0 Å². The third-order valence-corrected chi connectivity index (χ3v) is 5.53. The van der Waals surface area contributed by atoms with Crippen LogP contribution in [-0.4, -0.2) is 55.3 Å². The number of ether oxygens (including phenoxy) is 1. The van der Waals surface area contributed by atoms with Crippen LogP contribution in [-0.2, 0) is 14.3 Å². The molecule has 7 heteroatoms. The topological polar surface area (TPSA) is 55.4 Å². The van der Waals surface area contributed by atoms with E-state index in [4.69, 9.17) is 4.74 Å². The Morgan fingerprint density at radius 1 is 1.17 bits per heavy atom. The second kappa shape index (κ2) is 14.0. The molecule has 4 nitrogen and oxygen atoms in total. The molecule has 0 aliphatic carbocycles. The summed E-state index contributed by atoms with van der Waals surface area (Å²) < 4.78 is 7.61. The first-order valence-corrected chi connectivity index (χ1v) is 10.3. The van der Waals surface area contributed by atoms with E-state index in [1.165, 1.54) is 18.6 Å². The van der Waals surface area contributed by atoms with Gasteiger partial charge in [0.2, 0.25) is 0 Å². The Kier molecular flexibility index (Phi) is 14.4. The van der Waals surface area contributed by atoms with Gasteiger partial charge >= 0.3 is 114 Å². The molecule has 0 aliphatic rings. The first kappa shape index (κ1) is 18.5. The number of carbonyl (C=O) groups excluding carboxylic acids is 2. The summed E-state index contributed by atoms with van der Waals surface area (Å²) in [7, 11) is 3.71. The maximum atomic E-state index is 11.2. The van der Waals surface area contributed by atoms with E-state index >= 15 is 0 Å². The number of unbranched alkanes of at least 4 members (excludes halogenated alkanes) is 1. The third kappa shape index (κ3) is 13.0. The fourth-order valence-electron chi connectivity index (χ4n) is 0.969. The number of nitrogens with one attached hydrogen (secondary N) is 1. The van der Waals surface area contributed by atoms with Gasteiger partial charge in [-0.1, -0.05) is 13.3 Å². The fourth-order valence-corrected chi connectivity index (χ4v) is 3.70. The standard InChI is InChI=1S/C11H21NO3S2.Po.H/c1-2-3-8-16-17-9-4-7-15-11(14)6-5-10(12)13;;/h2-9H2,1H3,(H2,12,13);;/q;+1;/p-1. The summed E-state index contributed by atoms with van der Waals surface area (Å²) in [6.45, 7) is 2.64. The molecule has 0 saturated heterocycles. The molecule has 0 rings (SSSR count). The molecule has 0 aromatic heterocycles. The van der Waals surface area contributed by atoms with Crippen LogP contribution in [0.2, 0.25) is 0 Å². The Hall–Kier alpha value is 0.536. The number of hydrogen-bond acceptors (Lipinski definition) is 5. The second-order valence-corrected chi connectivity index (χ2v) is 7.18. The summed E-state index contributed by atoms with van der Waals surface area (Å²) in [5.41, 5.74) is 0. The van der Waals surface area contributed by atoms with Crippen LogP contribution in [0.4, 0.5) is 0 Å². The maximum absolute atomic E-state index is 11.2. The molecule has 0 aromatic carbocycles. The number of hydrogen-bond donors (Lipinski definition) is 1. The Balaban J connectivity index is 3.22. The van der Waals surface area contributed by atoms with Gasteiger partial charge in [-0.15, -0.1) is 0 Å².